The van der Waals surface area contributed by atoms with Gasteiger partial charge in [-0.15, -0.1) is 0 Å². The zero-order chi connectivity index (χ0) is 33.0. The van der Waals surface area contributed by atoms with Crippen molar-refractivity contribution in [2.24, 2.45) is 0 Å². The van der Waals surface area contributed by atoms with E-state index in [9.17, 15) is 0 Å². The van der Waals surface area contributed by atoms with E-state index in [1.165, 1.54) is 55.5 Å². The van der Waals surface area contributed by atoms with E-state index in [0.717, 1.165) is 28.4 Å². The molecule has 0 saturated heterocycles. The molecule has 1 aliphatic carbocycles. The number of anilines is 3. The molecular formula is C47H35NO. The summed E-state index contributed by atoms with van der Waals surface area (Å²) in [6.07, 6.45) is 0. The standard InChI is InChI=1S/C47H35NO/c1-47(2)44-40(17-11-18-42(44)46-45(47)41-16-9-10-19-43(41)49-46)36-24-30-39(31-25-36)48(37-26-20-34(21-27-37)32-12-5-3-6-13-32)38-28-22-35(23-29-38)33-14-7-4-8-15-33/h3-31H,1-2H3. The van der Waals surface area contributed by atoms with Gasteiger partial charge in [0.05, 0.1) is 0 Å². The molecule has 7 aromatic carbocycles. The SMILES string of the molecule is CC1(C)c2c(-c3ccc(N(c4ccc(-c5ccccc5)cc4)c4ccc(-c5ccccc5)cc4)cc3)cccc2-c2oc3ccccc3c21. The Morgan fingerprint density at radius 2 is 0.837 bits per heavy atom. The summed E-state index contributed by atoms with van der Waals surface area (Å²) < 4.78 is 6.48. The molecule has 0 aliphatic heterocycles. The maximum absolute atomic E-state index is 6.48. The fraction of sp³-hybridized carbons (Fsp3) is 0.0638. The molecule has 0 spiro atoms. The average Bonchev–Trinajstić information content (AvgIpc) is 3.67. The Morgan fingerprint density at radius 1 is 0.388 bits per heavy atom. The second kappa shape index (κ2) is 11.5. The Kier molecular flexibility index (Phi) is 6.84. The fourth-order valence-corrected chi connectivity index (χ4v) is 7.74. The van der Waals surface area contributed by atoms with Gasteiger partial charge in [-0.3, -0.25) is 0 Å². The predicted molar refractivity (Wildman–Crippen MR) is 205 cm³/mol. The molecular weight excluding hydrogens is 595 g/mol. The Morgan fingerprint density at radius 3 is 1.39 bits per heavy atom. The number of fused-ring (bicyclic) bond motifs is 5. The van der Waals surface area contributed by atoms with Gasteiger partial charge >= 0.3 is 0 Å². The summed E-state index contributed by atoms with van der Waals surface area (Å²) in [7, 11) is 0. The van der Waals surface area contributed by atoms with Crippen LogP contribution >= 0.6 is 0 Å². The summed E-state index contributed by atoms with van der Waals surface area (Å²) in [5.41, 5.74) is 15.2. The Balaban J connectivity index is 1.11. The van der Waals surface area contributed by atoms with Crippen molar-refractivity contribution < 1.29 is 4.42 Å². The molecule has 0 bridgehead atoms. The van der Waals surface area contributed by atoms with Crippen molar-refractivity contribution in [1.82, 2.24) is 0 Å². The van der Waals surface area contributed by atoms with E-state index >= 15 is 0 Å². The zero-order valence-electron chi connectivity index (χ0n) is 27.6. The first kappa shape index (κ1) is 29.1. The summed E-state index contributed by atoms with van der Waals surface area (Å²) in [4.78, 5) is 2.34. The smallest absolute Gasteiger partial charge is 0.139 e. The normalized spacial score (nSPS) is 12.9. The minimum Gasteiger partial charge on any atom is -0.456 e. The first-order chi connectivity index (χ1) is 24.1. The molecule has 0 N–H and O–H groups in total. The van der Waals surface area contributed by atoms with Gasteiger partial charge in [-0.05, 0) is 81.4 Å². The lowest BCUT2D eigenvalue weighted by molar-refractivity contribution is 0.619. The monoisotopic (exact) mass is 629 g/mol. The summed E-state index contributed by atoms with van der Waals surface area (Å²) in [5.74, 6) is 1.00. The highest BCUT2D eigenvalue weighted by Crippen LogP contribution is 2.55. The van der Waals surface area contributed by atoms with Gasteiger partial charge in [0, 0.05) is 39.0 Å². The van der Waals surface area contributed by atoms with Crippen molar-refractivity contribution in [3.8, 4) is 44.7 Å². The molecule has 234 valence electrons. The third-order valence-electron chi connectivity index (χ3n) is 10.1. The van der Waals surface area contributed by atoms with E-state index in [0.29, 0.717) is 0 Å². The van der Waals surface area contributed by atoms with Gasteiger partial charge in [-0.2, -0.15) is 0 Å². The zero-order valence-corrected chi connectivity index (χ0v) is 27.6. The molecule has 49 heavy (non-hydrogen) atoms. The lowest BCUT2D eigenvalue weighted by atomic mass is 9.78. The van der Waals surface area contributed by atoms with Crippen molar-refractivity contribution in [3.63, 3.8) is 0 Å². The van der Waals surface area contributed by atoms with Crippen LogP contribution in [0.1, 0.15) is 25.0 Å². The molecule has 1 aliphatic rings. The molecule has 1 heterocycles. The van der Waals surface area contributed by atoms with Gasteiger partial charge in [0.1, 0.15) is 11.3 Å². The number of hydrogen-bond acceptors (Lipinski definition) is 2. The highest BCUT2D eigenvalue weighted by molar-refractivity contribution is 5.97. The molecule has 2 nitrogen and oxygen atoms in total. The van der Waals surface area contributed by atoms with Crippen LogP contribution in [-0.4, -0.2) is 0 Å². The van der Waals surface area contributed by atoms with Gasteiger partial charge in [0.25, 0.3) is 0 Å². The minimum atomic E-state index is -0.195. The molecule has 0 radical (unpaired) electrons. The molecule has 0 unspecified atom stereocenters. The van der Waals surface area contributed by atoms with Gasteiger partial charge in [0.2, 0.25) is 0 Å². The van der Waals surface area contributed by atoms with Crippen LogP contribution in [0.4, 0.5) is 17.1 Å². The first-order valence-corrected chi connectivity index (χ1v) is 16.9. The van der Waals surface area contributed by atoms with E-state index in [4.69, 9.17) is 4.42 Å². The Hall–Kier alpha value is -6.12. The predicted octanol–water partition coefficient (Wildman–Crippen LogP) is 13.2. The molecule has 1 aromatic heterocycles. The maximum Gasteiger partial charge on any atom is 0.139 e. The second-order valence-electron chi connectivity index (χ2n) is 13.4. The molecule has 8 aromatic rings. The fourth-order valence-electron chi connectivity index (χ4n) is 7.74. The van der Waals surface area contributed by atoms with Crippen LogP contribution in [0.5, 0.6) is 0 Å². The van der Waals surface area contributed by atoms with E-state index in [-0.39, 0.29) is 5.41 Å². The number of nitrogens with zero attached hydrogens (tertiary/aromatic N) is 1. The van der Waals surface area contributed by atoms with Gasteiger partial charge in [0.15, 0.2) is 0 Å². The van der Waals surface area contributed by atoms with Gasteiger partial charge in [-0.1, -0.05) is 147 Å². The summed E-state index contributed by atoms with van der Waals surface area (Å²) >= 11 is 0. The van der Waals surface area contributed by atoms with Crippen LogP contribution in [0.15, 0.2) is 180 Å². The lowest BCUT2D eigenvalue weighted by Crippen LogP contribution is -2.16. The van der Waals surface area contributed by atoms with Crippen molar-refractivity contribution in [2.45, 2.75) is 19.3 Å². The van der Waals surface area contributed by atoms with Gasteiger partial charge in [-0.25, -0.2) is 0 Å². The second-order valence-corrected chi connectivity index (χ2v) is 13.4. The third-order valence-corrected chi connectivity index (χ3v) is 10.1. The Bertz CT molecular complexity index is 2340. The Labute approximate surface area is 287 Å². The molecule has 0 saturated carbocycles. The molecule has 0 amide bonds. The number of hydrogen-bond donors (Lipinski definition) is 0. The van der Waals surface area contributed by atoms with Crippen molar-refractivity contribution in [3.05, 3.63) is 187 Å². The lowest BCUT2D eigenvalue weighted by Gasteiger charge is -2.27. The summed E-state index contributed by atoms with van der Waals surface area (Å²) in [5, 5.41) is 1.20. The van der Waals surface area contributed by atoms with Crippen molar-refractivity contribution in [2.75, 3.05) is 4.90 Å². The highest BCUT2D eigenvalue weighted by Gasteiger charge is 2.41. The van der Waals surface area contributed by atoms with Crippen LogP contribution in [-0.2, 0) is 5.41 Å². The van der Waals surface area contributed by atoms with E-state index in [1.807, 2.05) is 6.07 Å². The quantitative estimate of drug-likeness (QED) is 0.182. The van der Waals surface area contributed by atoms with Crippen LogP contribution < -0.4 is 4.90 Å². The molecule has 0 fully saturated rings. The maximum atomic E-state index is 6.48. The van der Waals surface area contributed by atoms with Crippen LogP contribution in [0.3, 0.4) is 0 Å². The van der Waals surface area contributed by atoms with Crippen LogP contribution in [0.2, 0.25) is 0 Å². The molecule has 2 heteroatoms. The molecule has 0 atom stereocenters. The largest absolute Gasteiger partial charge is 0.456 e. The van der Waals surface area contributed by atoms with Crippen LogP contribution in [0, 0.1) is 0 Å². The number of rotatable bonds is 6. The summed E-state index contributed by atoms with van der Waals surface area (Å²) in [6, 6.07) is 62.9. The third kappa shape index (κ3) is 4.88. The summed E-state index contributed by atoms with van der Waals surface area (Å²) in [6.45, 7) is 4.66. The van der Waals surface area contributed by atoms with Crippen molar-refractivity contribution in [1.29, 1.82) is 0 Å². The topological polar surface area (TPSA) is 16.4 Å². The number of para-hydroxylation sites is 1. The van der Waals surface area contributed by atoms with E-state index < -0.39 is 0 Å². The molecule has 9 rings (SSSR count). The first-order valence-electron chi connectivity index (χ1n) is 16.9. The van der Waals surface area contributed by atoms with Gasteiger partial charge < -0.3 is 9.32 Å². The van der Waals surface area contributed by atoms with Crippen LogP contribution in [0.25, 0.3) is 55.7 Å². The van der Waals surface area contributed by atoms with Crippen molar-refractivity contribution >= 4 is 28.0 Å². The average molecular weight is 630 g/mol. The van der Waals surface area contributed by atoms with E-state index in [2.05, 4.69) is 189 Å². The number of furan rings is 1. The van der Waals surface area contributed by atoms with E-state index in [1.54, 1.807) is 0 Å². The highest BCUT2D eigenvalue weighted by atomic mass is 16.3. The minimum absolute atomic E-state index is 0.195. The number of benzene rings is 7.